The Bertz CT molecular complexity index is 771. The molecule has 26 heavy (non-hydrogen) atoms. The number of aromatic nitrogens is 2. The van der Waals surface area contributed by atoms with Gasteiger partial charge in [-0.3, -0.25) is 9.78 Å². The van der Waals surface area contributed by atoms with Crippen molar-refractivity contribution in [2.24, 2.45) is 5.92 Å². The minimum atomic E-state index is -0.253. The maximum absolute atomic E-state index is 12.5. The van der Waals surface area contributed by atoms with Crippen LogP contribution in [-0.2, 0) is 0 Å². The van der Waals surface area contributed by atoms with Gasteiger partial charge < -0.3 is 10.1 Å². The summed E-state index contributed by atoms with van der Waals surface area (Å²) in [5, 5.41) is 3.28. The summed E-state index contributed by atoms with van der Waals surface area (Å²) in [6.45, 7) is 5.84. The van der Waals surface area contributed by atoms with Gasteiger partial charge in [0.1, 0.15) is 5.02 Å². The zero-order valence-corrected chi connectivity index (χ0v) is 15.6. The Morgan fingerprint density at radius 2 is 2.04 bits per heavy atom. The van der Waals surface area contributed by atoms with E-state index < -0.39 is 0 Å². The molecule has 2 aromatic rings. The number of carbonyl (C=O) groups is 1. The van der Waals surface area contributed by atoms with E-state index in [4.69, 9.17) is 16.3 Å². The quantitative estimate of drug-likeness (QED) is 0.744. The molecule has 3 unspecified atom stereocenters. The average Bonchev–Trinajstić information content (AvgIpc) is 2.97. The normalized spacial score (nSPS) is 22.4. The molecule has 0 saturated carbocycles. The van der Waals surface area contributed by atoms with E-state index in [-0.39, 0.29) is 30.1 Å². The molecule has 1 aliphatic heterocycles. The first-order valence-electron chi connectivity index (χ1n) is 8.49. The highest BCUT2D eigenvalue weighted by atomic mass is 35.5. The second-order valence-corrected chi connectivity index (χ2v) is 6.94. The Morgan fingerprint density at radius 3 is 2.69 bits per heavy atom. The zero-order chi connectivity index (χ0) is 18.7. The smallest absolute Gasteiger partial charge is 0.254 e. The van der Waals surface area contributed by atoms with Crippen molar-refractivity contribution in [3.05, 3.63) is 52.9 Å². The first-order chi connectivity index (χ1) is 12.5. The molecule has 1 aliphatic rings. The summed E-state index contributed by atoms with van der Waals surface area (Å²) in [6, 6.07) is 5.55. The standard InChI is InChI=1S/C18H22ClN5O2/c1-10(2)26-18-14(19)8-13(9-21-18)17(25)22-16-11(3)15(23-24-16)12-4-6-20-7-5-12/h4-11,15-16,23-24H,1-3H3,(H,22,25). The fraction of sp³-hybridized carbons (Fsp3) is 0.389. The Labute approximate surface area is 157 Å². The monoisotopic (exact) mass is 375 g/mol. The molecule has 3 rings (SSSR count). The Balaban J connectivity index is 1.66. The second-order valence-electron chi connectivity index (χ2n) is 6.53. The van der Waals surface area contributed by atoms with Crippen LogP contribution >= 0.6 is 11.6 Å². The molecule has 0 aliphatic carbocycles. The van der Waals surface area contributed by atoms with Crippen LogP contribution in [0.5, 0.6) is 5.88 Å². The van der Waals surface area contributed by atoms with Crippen molar-refractivity contribution in [3.8, 4) is 5.88 Å². The van der Waals surface area contributed by atoms with E-state index >= 15 is 0 Å². The molecular formula is C18H22ClN5O2. The number of hydrogen-bond acceptors (Lipinski definition) is 6. The van der Waals surface area contributed by atoms with Crippen molar-refractivity contribution in [1.29, 1.82) is 0 Å². The number of hydrogen-bond donors (Lipinski definition) is 3. The van der Waals surface area contributed by atoms with Crippen molar-refractivity contribution < 1.29 is 9.53 Å². The highest BCUT2D eigenvalue weighted by Crippen LogP contribution is 2.27. The topological polar surface area (TPSA) is 88.2 Å². The lowest BCUT2D eigenvalue weighted by atomic mass is 9.95. The molecule has 3 N–H and O–H groups in total. The predicted octanol–water partition coefficient (Wildman–Crippen LogP) is 2.46. The van der Waals surface area contributed by atoms with Crippen LogP contribution in [0.2, 0.25) is 5.02 Å². The molecule has 8 heteroatoms. The number of halogens is 1. The molecule has 3 heterocycles. The van der Waals surface area contributed by atoms with Gasteiger partial charge >= 0.3 is 0 Å². The summed E-state index contributed by atoms with van der Waals surface area (Å²) in [6.07, 6.45) is 4.70. The zero-order valence-electron chi connectivity index (χ0n) is 14.9. The minimum absolute atomic E-state index is 0.0422. The Hall–Kier alpha value is -2.22. The third-order valence-electron chi connectivity index (χ3n) is 4.21. The number of rotatable bonds is 5. The molecule has 1 saturated heterocycles. The summed E-state index contributed by atoms with van der Waals surface area (Å²) < 4.78 is 5.49. The highest BCUT2D eigenvalue weighted by molar-refractivity contribution is 6.32. The third kappa shape index (κ3) is 4.12. The number of hydrazine groups is 1. The predicted molar refractivity (Wildman–Crippen MR) is 98.7 cm³/mol. The number of carbonyl (C=O) groups excluding carboxylic acids is 1. The largest absolute Gasteiger partial charge is 0.474 e. The number of amides is 1. The molecule has 0 bridgehead atoms. The van der Waals surface area contributed by atoms with Gasteiger partial charge in [-0.2, -0.15) is 0 Å². The molecule has 1 amide bonds. The van der Waals surface area contributed by atoms with Crippen LogP contribution in [0.4, 0.5) is 0 Å². The SMILES string of the molecule is CC(C)Oc1ncc(C(=O)NC2NNC(c3ccncc3)C2C)cc1Cl. The molecule has 0 aromatic carbocycles. The van der Waals surface area contributed by atoms with Gasteiger partial charge in [-0.15, -0.1) is 0 Å². The van der Waals surface area contributed by atoms with Gasteiger partial charge in [0.25, 0.3) is 5.91 Å². The molecule has 0 radical (unpaired) electrons. The molecule has 0 spiro atoms. The highest BCUT2D eigenvalue weighted by Gasteiger charge is 2.34. The molecule has 3 atom stereocenters. The van der Waals surface area contributed by atoms with Crippen LogP contribution in [0, 0.1) is 5.92 Å². The Morgan fingerprint density at radius 1 is 1.31 bits per heavy atom. The maximum atomic E-state index is 12.5. The Kier molecular flexibility index (Phi) is 5.70. The second kappa shape index (κ2) is 7.99. The van der Waals surface area contributed by atoms with Crippen LogP contribution in [0.25, 0.3) is 0 Å². The van der Waals surface area contributed by atoms with Crippen LogP contribution in [-0.4, -0.2) is 28.1 Å². The van der Waals surface area contributed by atoms with E-state index in [2.05, 4.69) is 33.1 Å². The lowest BCUT2D eigenvalue weighted by Crippen LogP contribution is -2.46. The van der Waals surface area contributed by atoms with Gasteiger partial charge in [0.15, 0.2) is 0 Å². The van der Waals surface area contributed by atoms with E-state index in [1.54, 1.807) is 18.5 Å². The van der Waals surface area contributed by atoms with Crippen LogP contribution < -0.4 is 20.9 Å². The summed E-state index contributed by atoms with van der Waals surface area (Å²) >= 11 is 6.16. The lowest BCUT2D eigenvalue weighted by molar-refractivity contribution is 0.0922. The first-order valence-corrected chi connectivity index (χ1v) is 8.87. The van der Waals surface area contributed by atoms with E-state index in [0.29, 0.717) is 16.5 Å². The fourth-order valence-corrected chi connectivity index (χ4v) is 3.06. The van der Waals surface area contributed by atoms with E-state index in [9.17, 15) is 4.79 Å². The van der Waals surface area contributed by atoms with Crippen molar-refractivity contribution in [3.63, 3.8) is 0 Å². The van der Waals surface area contributed by atoms with Gasteiger partial charge in [-0.1, -0.05) is 18.5 Å². The van der Waals surface area contributed by atoms with Crippen molar-refractivity contribution in [1.82, 2.24) is 26.1 Å². The summed E-state index contributed by atoms with van der Waals surface area (Å²) in [7, 11) is 0. The third-order valence-corrected chi connectivity index (χ3v) is 4.49. The summed E-state index contributed by atoms with van der Waals surface area (Å²) in [4.78, 5) is 20.7. The number of ether oxygens (including phenoxy) is 1. The van der Waals surface area contributed by atoms with Crippen LogP contribution in [0.3, 0.4) is 0 Å². The minimum Gasteiger partial charge on any atom is -0.474 e. The van der Waals surface area contributed by atoms with Gasteiger partial charge in [0.05, 0.1) is 23.9 Å². The van der Waals surface area contributed by atoms with E-state index in [1.807, 2.05) is 26.0 Å². The van der Waals surface area contributed by atoms with Gasteiger partial charge in [0.2, 0.25) is 5.88 Å². The fourth-order valence-electron chi connectivity index (χ4n) is 2.84. The number of nitrogens with zero attached hydrogens (tertiary/aromatic N) is 2. The van der Waals surface area contributed by atoms with Gasteiger partial charge in [-0.25, -0.2) is 15.8 Å². The lowest BCUT2D eigenvalue weighted by Gasteiger charge is -2.20. The van der Waals surface area contributed by atoms with Gasteiger partial charge in [0, 0.05) is 24.5 Å². The number of pyridine rings is 2. The maximum Gasteiger partial charge on any atom is 0.254 e. The molecule has 138 valence electrons. The van der Waals surface area contributed by atoms with Crippen LogP contribution in [0.1, 0.15) is 42.7 Å². The summed E-state index contributed by atoms with van der Waals surface area (Å²) in [5.41, 5.74) is 7.83. The first kappa shape index (κ1) is 18.6. The molecule has 7 nitrogen and oxygen atoms in total. The van der Waals surface area contributed by atoms with Crippen molar-refractivity contribution in [2.75, 3.05) is 0 Å². The number of nitrogens with one attached hydrogen (secondary N) is 3. The summed E-state index contributed by atoms with van der Waals surface area (Å²) in [5.74, 6) is 0.204. The molecule has 1 fully saturated rings. The van der Waals surface area contributed by atoms with Crippen molar-refractivity contribution >= 4 is 17.5 Å². The van der Waals surface area contributed by atoms with E-state index in [0.717, 1.165) is 5.56 Å². The molecular weight excluding hydrogens is 354 g/mol. The average molecular weight is 376 g/mol. The van der Waals surface area contributed by atoms with Crippen LogP contribution in [0.15, 0.2) is 36.8 Å². The molecule has 2 aromatic heterocycles. The van der Waals surface area contributed by atoms with Gasteiger partial charge in [-0.05, 0) is 37.6 Å². The van der Waals surface area contributed by atoms with E-state index in [1.165, 1.54) is 6.20 Å². The van der Waals surface area contributed by atoms with Crippen molar-refractivity contribution in [2.45, 2.75) is 39.1 Å².